The van der Waals surface area contributed by atoms with Gasteiger partial charge >= 0.3 is 0 Å². The molecule has 1 aliphatic heterocycles. The van der Waals surface area contributed by atoms with Gasteiger partial charge in [-0.05, 0) is 32.6 Å². The van der Waals surface area contributed by atoms with E-state index in [9.17, 15) is 10.2 Å². The van der Waals surface area contributed by atoms with Crippen LogP contribution in [0.5, 0.6) is 0 Å². The number of nitrogens with zero attached hydrogens (tertiary/aromatic N) is 4. The summed E-state index contributed by atoms with van der Waals surface area (Å²) in [6, 6.07) is 0.268. The third-order valence-corrected chi connectivity index (χ3v) is 5.46. The van der Waals surface area contributed by atoms with Crippen molar-refractivity contribution in [3.05, 3.63) is 25.0 Å². The molecule has 3 N–H and O–H groups in total. The van der Waals surface area contributed by atoms with Gasteiger partial charge in [-0.3, -0.25) is 4.57 Å². The van der Waals surface area contributed by atoms with Gasteiger partial charge in [-0.2, -0.15) is 0 Å². The maximum absolute atomic E-state index is 10.3. The highest BCUT2D eigenvalue weighted by Gasteiger charge is 2.43. The van der Waals surface area contributed by atoms with E-state index in [1.807, 2.05) is 13.0 Å². The van der Waals surface area contributed by atoms with Crippen LogP contribution in [0.2, 0.25) is 0 Å². The molecule has 0 unspecified atom stereocenters. The van der Waals surface area contributed by atoms with Gasteiger partial charge in [0.15, 0.2) is 23.2 Å². The highest BCUT2D eigenvalue weighted by atomic mass is 16.6. The first-order valence-corrected chi connectivity index (χ1v) is 9.80. The van der Waals surface area contributed by atoms with Crippen molar-refractivity contribution in [2.45, 2.75) is 69.3 Å². The van der Waals surface area contributed by atoms with Gasteiger partial charge < -0.3 is 25.0 Å². The van der Waals surface area contributed by atoms with Crippen LogP contribution < -0.4 is 5.32 Å². The molecule has 4 atom stereocenters. The molecule has 0 radical (unpaired) electrons. The predicted octanol–water partition coefficient (Wildman–Crippen LogP) is 1.35. The first kappa shape index (κ1) is 19.6. The summed E-state index contributed by atoms with van der Waals surface area (Å²) in [7, 11) is 0. The van der Waals surface area contributed by atoms with Crippen LogP contribution in [0.25, 0.3) is 11.2 Å². The van der Waals surface area contributed by atoms with Crippen LogP contribution >= 0.6 is 0 Å². The van der Waals surface area contributed by atoms with E-state index in [4.69, 9.17) is 15.9 Å². The van der Waals surface area contributed by atoms with Crippen molar-refractivity contribution < 1.29 is 19.7 Å². The number of ether oxygens (including phenoxy) is 2. The highest BCUT2D eigenvalue weighted by molar-refractivity contribution is 5.82. The number of aliphatic hydroxyl groups excluding tert-OH is 2. The van der Waals surface area contributed by atoms with Crippen LogP contribution in [-0.4, -0.2) is 60.2 Å². The molecule has 0 spiro atoms. The van der Waals surface area contributed by atoms with E-state index in [1.54, 1.807) is 10.8 Å². The van der Waals surface area contributed by atoms with E-state index in [2.05, 4.69) is 26.2 Å². The molecule has 1 aliphatic carbocycles. The lowest BCUT2D eigenvalue weighted by Crippen LogP contribution is -2.30. The van der Waals surface area contributed by atoms with E-state index >= 15 is 0 Å². The monoisotopic (exact) mass is 399 g/mol. The molecule has 0 amide bonds. The molecule has 4 rings (SSSR count). The second-order valence-corrected chi connectivity index (χ2v) is 7.36. The van der Waals surface area contributed by atoms with Crippen molar-refractivity contribution in [1.82, 2.24) is 19.5 Å². The van der Waals surface area contributed by atoms with E-state index in [0.717, 1.165) is 25.7 Å². The van der Waals surface area contributed by atoms with Crippen LogP contribution in [0.4, 0.5) is 5.82 Å². The Morgan fingerprint density at radius 1 is 1.24 bits per heavy atom. The van der Waals surface area contributed by atoms with Crippen molar-refractivity contribution in [2.24, 2.45) is 0 Å². The van der Waals surface area contributed by atoms with Crippen LogP contribution in [-0.2, 0) is 9.47 Å². The number of hydrogen-bond acceptors (Lipinski definition) is 8. The fraction of sp³-hybridized carbons (Fsp3) is 0.550. The largest absolute Gasteiger partial charge is 0.498 e. The van der Waals surface area contributed by atoms with E-state index in [-0.39, 0.29) is 12.1 Å². The lowest BCUT2D eigenvalue weighted by Gasteiger charge is -2.28. The van der Waals surface area contributed by atoms with Crippen molar-refractivity contribution >= 4 is 17.0 Å². The molecule has 154 valence electrons. The summed E-state index contributed by atoms with van der Waals surface area (Å²) in [6.45, 7) is 1.94. The Morgan fingerprint density at radius 2 is 2.03 bits per heavy atom. The lowest BCUT2D eigenvalue weighted by atomic mass is 9.93. The second-order valence-electron chi connectivity index (χ2n) is 7.36. The third kappa shape index (κ3) is 3.79. The van der Waals surface area contributed by atoms with Gasteiger partial charge in [-0.1, -0.05) is 12.0 Å². The molecule has 0 bridgehead atoms. The van der Waals surface area contributed by atoms with Crippen molar-refractivity contribution in [2.75, 3.05) is 5.32 Å². The number of fused-ring (bicyclic) bond motifs is 1. The van der Waals surface area contributed by atoms with Gasteiger partial charge in [0.2, 0.25) is 0 Å². The normalized spacial score (nSPS) is 32.5. The second kappa shape index (κ2) is 8.37. The van der Waals surface area contributed by atoms with Gasteiger partial charge in [0, 0.05) is 6.04 Å². The molecule has 9 nitrogen and oxygen atoms in total. The number of allylic oxidation sites excluding steroid dienone is 1. The Hall–Kier alpha value is -2.67. The number of aromatic nitrogens is 4. The summed E-state index contributed by atoms with van der Waals surface area (Å²) in [5.74, 6) is 2.97. The van der Waals surface area contributed by atoms with E-state index in [0.29, 0.717) is 17.0 Å². The first-order chi connectivity index (χ1) is 14.1. The molecule has 2 fully saturated rings. The minimum atomic E-state index is -1.17. The van der Waals surface area contributed by atoms with Gasteiger partial charge in [-0.15, -0.1) is 6.42 Å². The van der Waals surface area contributed by atoms with Crippen LogP contribution in [0.3, 0.4) is 0 Å². The number of anilines is 1. The topological polar surface area (TPSA) is 115 Å². The zero-order valence-corrected chi connectivity index (χ0v) is 16.2. The quantitative estimate of drug-likeness (QED) is 0.510. The minimum Gasteiger partial charge on any atom is -0.498 e. The van der Waals surface area contributed by atoms with Gasteiger partial charge in [0.05, 0.1) is 18.7 Å². The summed E-state index contributed by atoms with van der Waals surface area (Å²) in [6.07, 6.45) is 12.0. The summed E-state index contributed by atoms with van der Waals surface area (Å²) >= 11 is 0. The number of imidazole rings is 1. The molecular formula is C20H25N5O4. The van der Waals surface area contributed by atoms with Crippen LogP contribution in [0.1, 0.15) is 38.8 Å². The highest BCUT2D eigenvalue weighted by Crippen LogP contribution is 2.32. The molecule has 2 aliphatic rings. The molecule has 9 heteroatoms. The fourth-order valence-electron chi connectivity index (χ4n) is 3.90. The van der Waals surface area contributed by atoms with Crippen LogP contribution in [0.15, 0.2) is 25.0 Å². The molecular weight excluding hydrogens is 374 g/mol. The molecule has 29 heavy (non-hydrogen) atoms. The maximum Gasteiger partial charge on any atom is 0.167 e. The summed E-state index contributed by atoms with van der Waals surface area (Å²) in [4.78, 5) is 13.1. The Bertz CT molecular complexity index is 915. The zero-order chi connectivity index (χ0) is 20.4. The summed E-state index contributed by atoms with van der Waals surface area (Å²) < 4.78 is 12.9. The minimum absolute atomic E-state index is 0.255. The van der Waals surface area contributed by atoms with Gasteiger partial charge in [0.1, 0.15) is 24.6 Å². The van der Waals surface area contributed by atoms with E-state index < -0.39 is 24.5 Å². The van der Waals surface area contributed by atoms with Crippen molar-refractivity contribution in [3.8, 4) is 12.3 Å². The maximum atomic E-state index is 10.3. The Balaban J connectivity index is 1.50. The molecule has 2 aromatic heterocycles. The average Bonchev–Trinajstić information content (AvgIpc) is 3.29. The molecule has 1 saturated carbocycles. The number of nitrogens with one attached hydrogen (secondary N) is 1. The number of hydrogen-bond donors (Lipinski definition) is 3. The molecule has 2 aromatic rings. The third-order valence-electron chi connectivity index (χ3n) is 5.46. The number of rotatable bonds is 5. The number of aliphatic hydroxyl groups is 2. The smallest absolute Gasteiger partial charge is 0.167 e. The number of terminal acetylenes is 1. The Morgan fingerprint density at radius 3 is 2.72 bits per heavy atom. The summed E-state index contributed by atoms with van der Waals surface area (Å²) in [5, 5.41) is 23.8. The first-order valence-electron chi connectivity index (χ1n) is 9.80. The van der Waals surface area contributed by atoms with Gasteiger partial charge in [-0.25, -0.2) is 15.0 Å². The van der Waals surface area contributed by atoms with Gasteiger partial charge in [0.25, 0.3) is 0 Å². The Labute approximate surface area is 168 Å². The molecule has 3 heterocycles. The molecule has 0 aromatic carbocycles. The van der Waals surface area contributed by atoms with Crippen LogP contribution in [0, 0.1) is 12.3 Å². The SMILES string of the molecule is C#C[C@H]1O[C@@H](n2cnc3c(N[C@H]4CC[C@H](O/C=C\C)CC4)ncnc32)[C@H](O)[C@@H]1O. The fourth-order valence-corrected chi connectivity index (χ4v) is 3.90. The standard InChI is InChI=1S/C20H25N5O4/c1-3-9-28-13-7-5-12(6-8-13)24-18-15-19(22-10-21-18)25(11-23-15)20-17(27)16(26)14(4-2)29-20/h2-3,9-14,16-17,20,26-27H,5-8H2,1H3,(H,21,22,24)/b9-3-/t12-,13-,14-,16-,17-,20-/m1/s1. The molecule has 1 saturated heterocycles. The Kier molecular flexibility index (Phi) is 5.67. The van der Waals surface area contributed by atoms with Crippen molar-refractivity contribution in [3.63, 3.8) is 0 Å². The predicted molar refractivity (Wildman–Crippen MR) is 106 cm³/mol. The lowest BCUT2D eigenvalue weighted by molar-refractivity contribution is -0.0230. The average molecular weight is 399 g/mol. The zero-order valence-electron chi connectivity index (χ0n) is 16.2. The summed E-state index contributed by atoms with van der Waals surface area (Å²) in [5.41, 5.74) is 1.08. The van der Waals surface area contributed by atoms with Crippen molar-refractivity contribution in [1.29, 1.82) is 0 Å². The van der Waals surface area contributed by atoms with E-state index in [1.165, 1.54) is 12.7 Å².